The molecule has 0 bridgehead atoms. The van der Waals surface area contributed by atoms with Gasteiger partial charge in [0.2, 0.25) is 0 Å². The molecule has 0 unspecified atom stereocenters. The highest BCUT2D eigenvalue weighted by Gasteiger charge is 2.10. The van der Waals surface area contributed by atoms with Crippen molar-refractivity contribution >= 4 is 0 Å². The van der Waals surface area contributed by atoms with Crippen molar-refractivity contribution in [1.29, 1.82) is 0 Å². The molecule has 182 valence electrons. The molecule has 5 nitrogen and oxygen atoms in total. The van der Waals surface area contributed by atoms with E-state index in [2.05, 4.69) is 46.6 Å². The van der Waals surface area contributed by atoms with Crippen LogP contribution in [-0.4, -0.2) is 51.6 Å². The lowest BCUT2D eigenvalue weighted by Crippen LogP contribution is -2.29. The van der Waals surface area contributed by atoms with Crippen molar-refractivity contribution < 1.29 is 14.2 Å². The lowest BCUT2D eigenvalue weighted by Gasteiger charge is -2.26. The largest absolute Gasteiger partial charge is 0.494 e. The molecule has 0 aromatic heterocycles. The fraction of sp³-hybridized carbons (Fsp3) is 0.571. The molecule has 0 amide bonds. The van der Waals surface area contributed by atoms with Crippen LogP contribution in [0.3, 0.4) is 0 Å². The Morgan fingerprint density at radius 3 is 2.42 bits per heavy atom. The number of benzene rings is 2. The minimum atomic E-state index is 0.296. The molecule has 1 aliphatic heterocycles. The van der Waals surface area contributed by atoms with Crippen LogP contribution in [0.15, 0.2) is 48.5 Å². The van der Waals surface area contributed by atoms with Gasteiger partial charge >= 0.3 is 0 Å². The Bertz CT molecular complexity index is 760. The van der Waals surface area contributed by atoms with Gasteiger partial charge in [-0.25, -0.2) is 0 Å². The molecule has 2 aromatic rings. The topological polar surface area (TPSA) is 43.0 Å². The molecular weight excluding hydrogens is 412 g/mol. The van der Waals surface area contributed by atoms with Crippen molar-refractivity contribution in [2.24, 2.45) is 0 Å². The summed E-state index contributed by atoms with van der Waals surface area (Å²) in [7, 11) is 1.63. The second kappa shape index (κ2) is 15.7. The van der Waals surface area contributed by atoms with Crippen LogP contribution in [0.4, 0.5) is 0 Å². The first-order valence-electron chi connectivity index (χ1n) is 12.7. The van der Waals surface area contributed by atoms with E-state index in [1.165, 1.54) is 62.7 Å². The van der Waals surface area contributed by atoms with Crippen molar-refractivity contribution in [3.63, 3.8) is 0 Å². The highest BCUT2D eigenvalue weighted by atomic mass is 16.7. The van der Waals surface area contributed by atoms with Crippen LogP contribution in [0, 0.1) is 0 Å². The Morgan fingerprint density at radius 2 is 1.61 bits per heavy atom. The van der Waals surface area contributed by atoms with Crippen LogP contribution >= 0.6 is 0 Å². The molecule has 1 saturated heterocycles. The molecule has 0 aliphatic carbocycles. The summed E-state index contributed by atoms with van der Waals surface area (Å²) in [5.41, 5.74) is 2.73. The zero-order valence-corrected chi connectivity index (χ0v) is 20.4. The van der Waals surface area contributed by atoms with Crippen LogP contribution in [0.5, 0.6) is 11.5 Å². The number of nitrogens with zero attached hydrogens (tertiary/aromatic N) is 1. The zero-order valence-electron chi connectivity index (χ0n) is 20.4. The lowest BCUT2D eigenvalue weighted by molar-refractivity contribution is 0.0511. The van der Waals surface area contributed by atoms with E-state index in [-0.39, 0.29) is 0 Å². The predicted octanol–water partition coefficient (Wildman–Crippen LogP) is 5.43. The molecule has 1 fully saturated rings. The maximum atomic E-state index is 5.99. The number of methoxy groups -OCH3 is 1. The van der Waals surface area contributed by atoms with Gasteiger partial charge in [0.05, 0.1) is 6.61 Å². The molecular formula is C28H42N2O3. The molecule has 5 heteroatoms. The third kappa shape index (κ3) is 10.6. The summed E-state index contributed by atoms with van der Waals surface area (Å²) < 4.78 is 16.3. The van der Waals surface area contributed by atoms with Crippen molar-refractivity contribution in [2.75, 3.05) is 46.7 Å². The SMILES string of the molecule is COCOc1ccc(CCCCCNCCCOc2cccc(CN3CCCCC3)c2)cc1. The first-order chi connectivity index (χ1) is 16.3. The fourth-order valence-corrected chi connectivity index (χ4v) is 4.26. The van der Waals surface area contributed by atoms with Gasteiger partial charge in [-0.1, -0.05) is 37.1 Å². The number of hydrogen-bond acceptors (Lipinski definition) is 5. The zero-order chi connectivity index (χ0) is 23.0. The third-order valence-corrected chi connectivity index (χ3v) is 6.11. The van der Waals surface area contributed by atoms with Gasteiger partial charge < -0.3 is 19.5 Å². The van der Waals surface area contributed by atoms with Crippen molar-refractivity contribution in [3.05, 3.63) is 59.7 Å². The van der Waals surface area contributed by atoms with Crippen molar-refractivity contribution in [2.45, 2.75) is 57.9 Å². The van der Waals surface area contributed by atoms with Gasteiger partial charge in [-0.05, 0) is 100 Å². The highest BCUT2D eigenvalue weighted by Crippen LogP contribution is 2.18. The van der Waals surface area contributed by atoms with Gasteiger partial charge in [0, 0.05) is 13.7 Å². The molecule has 1 heterocycles. The van der Waals surface area contributed by atoms with Crippen LogP contribution in [-0.2, 0) is 17.7 Å². The standard InChI is InChI=1S/C28H42N2O3/c1-31-24-33-27-15-13-25(14-16-27)10-4-2-5-17-29-18-9-21-32-28-12-8-11-26(22-28)23-30-19-6-3-7-20-30/h8,11-16,22,29H,2-7,9-10,17-21,23-24H2,1H3. The number of ether oxygens (including phenoxy) is 3. The molecule has 1 aliphatic rings. The fourth-order valence-electron chi connectivity index (χ4n) is 4.26. The maximum Gasteiger partial charge on any atom is 0.188 e. The van der Waals surface area contributed by atoms with E-state index >= 15 is 0 Å². The molecule has 0 radical (unpaired) electrons. The number of piperidine rings is 1. The number of nitrogens with one attached hydrogen (secondary N) is 1. The monoisotopic (exact) mass is 454 g/mol. The Balaban J connectivity index is 1.17. The number of rotatable bonds is 16. The lowest BCUT2D eigenvalue weighted by atomic mass is 10.1. The third-order valence-electron chi connectivity index (χ3n) is 6.11. The first-order valence-corrected chi connectivity index (χ1v) is 12.7. The van der Waals surface area contributed by atoms with Gasteiger partial charge in [-0.2, -0.15) is 0 Å². The van der Waals surface area contributed by atoms with Crippen LogP contribution in [0.1, 0.15) is 56.1 Å². The van der Waals surface area contributed by atoms with Gasteiger partial charge in [0.15, 0.2) is 6.79 Å². The maximum absolute atomic E-state index is 5.99. The number of hydrogen-bond donors (Lipinski definition) is 1. The van der Waals surface area contributed by atoms with E-state index in [9.17, 15) is 0 Å². The summed E-state index contributed by atoms with van der Waals surface area (Å²) >= 11 is 0. The Morgan fingerprint density at radius 1 is 0.788 bits per heavy atom. The van der Waals surface area contributed by atoms with Gasteiger partial charge in [-0.15, -0.1) is 0 Å². The van der Waals surface area contributed by atoms with Gasteiger partial charge in [0.25, 0.3) is 0 Å². The van der Waals surface area contributed by atoms with Gasteiger partial charge in [-0.3, -0.25) is 4.90 Å². The summed E-state index contributed by atoms with van der Waals surface area (Å²) in [6.45, 7) is 6.66. The van der Waals surface area contributed by atoms with E-state index in [1.54, 1.807) is 7.11 Å². The molecule has 1 N–H and O–H groups in total. The smallest absolute Gasteiger partial charge is 0.188 e. The predicted molar refractivity (Wildman–Crippen MR) is 135 cm³/mol. The summed E-state index contributed by atoms with van der Waals surface area (Å²) in [6.07, 6.45) is 9.89. The average Bonchev–Trinajstić information content (AvgIpc) is 2.85. The molecule has 33 heavy (non-hydrogen) atoms. The van der Waals surface area contributed by atoms with E-state index in [4.69, 9.17) is 14.2 Å². The summed E-state index contributed by atoms with van der Waals surface area (Å²) in [6, 6.07) is 17.0. The molecule has 0 saturated carbocycles. The summed E-state index contributed by atoms with van der Waals surface area (Å²) in [5.74, 6) is 1.86. The van der Waals surface area contributed by atoms with Crippen molar-refractivity contribution in [1.82, 2.24) is 10.2 Å². The Hall–Kier alpha value is -2.08. The van der Waals surface area contributed by atoms with Crippen LogP contribution < -0.4 is 14.8 Å². The molecule has 0 spiro atoms. The van der Waals surface area contributed by atoms with E-state index in [0.717, 1.165) is 50.6 Å². The normalized spacial score (nSPS) is 14.3. The minimum absolute atomic E-state index is 0.296. The second-order valence-electron chi connectivity index (χ2n) is 8.94. The average molecular weight is 455 g/mol. The Labute approximate surface area is 200 Å². The van der Waals surface area contributed by atoms with Crippen LogP contribution in [0.2, 0.25) is 0 Å². The molecule has 3 rings (SSSR count). The van der Waals surface area contributed by atoms with E-state index < -0.39 is 0 Å². The second-order valence-corrected chi connectivity index (χ2v) is 8.94. The minimum Gasteiger partial charge on any atom is -0.494 e. The number of unbranched alkanes of at least 4 members (excludes halogenated alkanes) is 2. The van der Waals surface area contributed by atoms with Crippen LogP contribution in [0.25, 0.3) is 0 Å². The first kappa shape index (κ1) is 25.5. The van der Waals surface area contributed by atoms with E-state index in [0.29, 0.717) is 6.79 Å². The summed E-state index contributed by atoms with van der Waals surface area (Å²) in [4.78, 5) is 2.56. The quantitative estimate of drug-likeness (QED) is 0.271. The van der Waals surface area contributed by atoms with E-state index in [1.807, 2.05) is 12.1 Å². The van der Waals surface area contributed by atoms with Crippen molar-refractivity contribution in [3.8, 4) is 11.5 Å². The highest BCUT2D eigenvalue weighted by molar-refractivity contribution is 5.28. The number of aryl methyl sites for hydroxylation is 1. The Kier molecular flexibility index (Phi) is 12.2. The molecule has 0 atom stereocenters. The van der Waals surface area contributed by atoms with Gasteiger partial charge in [0.1, 0.15) is 11.5 Å². The number of likely N-dealkylation sites (tertiary alicyclic amines) is 1. The summed E-state index contributed by atoms with van der Waals surface area (Å²) in [5, 5.41) is 3.55. The molecule has 2 aromatic carbocycles.